The van der Waals surface area contributed by atoms with E-state index in [4.69, 9.17) is 0 Å². The van der Waals surface area contributed by atoms with Crippen LogP contribution in [0.25, 0.3) is 5.69 Å². The van der Waals surface area contributed by atoms with Crippen LogP contribution in [0.15, 0.2) is 66.1 Å². The van der Waals surface area contributed by atoms with Crippen LogP contribution in [0.3, 0.4) is 0 Å². The van der Waals surface area contributed by atoms with Gasteiger partial charge in [-0.2, -0.15) is 0 Å². The molecule has 0 unspecified atom stereocenters. The Kier molecular flexibility index (Phi) is 3.78. The molecule has 0 saturated carbocycles. The van der Waals surface area contributed by atoms with Gasteiger partial charge in [0.1, 0.15) is 12.1 Å². The number of halogens is 1. The van der Waals surface area contributed by atoms with E-state index in [1.165, 1.54) is 23.9 Å². The standard InChI is InChI=1S/C15H12FN3S/c16-13-6-4-5-12(9-13)10-20-15-17-11-19(18-15)14-7-2-1-3-8-14/h1-9,11H,10H2. The lowest BCUT2D eigenvalue weighted by atomic mass is 10.2. The zero-order valence-corrected chi connectivity index (χ0v) is 11.4. The summed E-state index contributed by atoms with van der Waals surface area (Å²) in [5.41, 5.74) is 1.89. The number of para-hydroxylation sites is 1. The maximum atomic E-state index is 13.1. The summed E-state index contributed by atoms with van der Waals surface area (Å²) in [6, 6.07) is 16.4. The van der Waals surface area contributed by atoms with Gasteiger partial charge in [-0.05, 0) is 29.8 Å². The van der Waals surface area contributed by atoms with E-state index in [2.05, 4.69) is 10.1 Å². The lowest BCUT2D eigenvalue weighted by Crippen LogP contribution is -1.93. The molecule has 0 aliphatic carbocycles. The van der Waals surface area contributed by atoms with Crippen LogP contribution in [-0.4, -0.2) is 14.8 Å². The molecule has 1 aromatic heterocycles. The summed E-state index contributed by atoms with van der Waals surface area (Å²) in [6.45, 7) is 0. The predicted octanol–water partition coefficient (Wildman–Crippen LogP) is 3.70. The van der Waals surface area contributed by atoms with Crippen LogP contribution in [0, 0.1) is 5.82 Å². The highest BCUT2D eigenvalue weighted by molar-refractivity contribution is 7.98. The second-order valence-corrected chi connectivity index (χ2v) is 5.17. The fourth-order valence-electron chi connectivity index (χ4n) is 1.79. The Morgan fingerprint density at radius 2 is 1.90 bits per heavy atom. The highest BCUT2D eigenvalue weighted by Crippen LogP contribution is 2.20. The van der Waals surface area contributed by atoms with Gasteiger partial charge in [-0.15, -0.1) is 5.10 Å². The van der Waals surface area contributed by atoms with Crippen molar-refractivity contribution in [3.05, 3.63) is 72.3 Å². The van der Waals surface area contributed by atoms with E-state index < -0.39 is 0 Å². The van der Waals surface area contributed by atoms with Crippen LogP contribution in [-0.2, 0) is 5.75 Å². The normalized spacial score (nSPS) is 10.7. The van der Waals surface area contributed by atoms with Crippen molar-refractivity contribution in [2.75, 3.05) is 0 Å². The Morgan fingerprint density at radius 1 is 1.05 bits per heavy atom. The highest BCUT2D eigenvalue weighted by atomic mass is 32.2. The first-order valence-corrected chi connectivity index (χ1v) is 7.14. The minimum Gasteiger partial charge on any atom is -0.220 e. The molecule has 0 saturated heterocycles. The highest BCUT2D eigenvalue weighted by Gasteiger charge is 2.04. The molecule has 0 fully saturated rings. The van der Waals surface area contributed by atoms with Gasteiger partial charge >= 0.3 is 0 Å². The molecule has 3 aromatic rings. The molecule has 0 amide bonds. The Morgan fingerprint density at radius 3 is 2.70 bits per heavy atom. The molecule has 3 nitrogen and oxygen atoms in total. The zero-order chi connectivity index (χ0) is 13.8. The SMILES string of the molecule is Fc1cccc(CSc2ncn(-c3ccccc3)n2)c1. The average molecular weight is 285 g/mol. The minimum atomic E-state index is -0.217. The van der Waals surface area contributed by atoms with Crippen LogP contribution >= 0.6 is 11.8 Å². The van der Waals surface area contributed by atoms with Crippen molar-refractivity contribution in [3.63, 3.8) is 0 Å². The Bertz CT molecular complexity index is 697. The maximum absolute atomic E-state index is 13.1. The quantitative estimate of drug-likeness (QED) is 0.685. The van der Waals surface area contributed by atoms with Crippen molar-refractivity contribution in [1.29, 1.82) is 0 Å². The van der Waals surface area contributed by atoms with Crippen molar-refractivity contribution >= 4 is 11.8 Å². The summed E-state index contributed by atoms with van der Waals surface area (Å²) in [7, 11) is 0. The van der Waals surface area contributed by atoms with Crippen molar-refractivity contribution in [1.82, 2.24) is 14.8 Å². The van der Waals surface area contributed by atoms with E-state index in [9.17, 15) is 4.39 Å². The molecule has 0 radical (unpaired) electrons. The summed E-state index contributed by atoms with van der Waals surface area (Å²) in [5.74, 6) is 0.433. The number of nitrogens with zero attached hydrogens (tertiary/aromatic N) is 3. The van der Waals surface area contributed by atoms with Crippen LogP contribution in [0.1, 0.15) is 5.56 Å². The van der Waals surface area contributed by atoms with E-state index in [0.29, 0.717) is 10.9 Å². The largest absolute Gasteiger partial charge is 0.220 e. The summed E-state index contributed by atoms with van der Waals surface area (Å²) in [4.78, 5) is 4.25. The number of hydrogen-bond acceptors (Lipinski definition) is 3. The minimum absolute atomic E-state index is 0.217. The van der Waals surface area contributed by atoms with Gasteiger partial charge in [-0.1, -0.05) is 42.1 Å². The lowest BCUT2D eigenvalue weighted by Gasteiger charge is -1.99. The molecular weight excluding hydrogens is 273 g/mol. The molecule has 0 aliphatic heterocycles. The molecule has 0 atom stereocenters. The van der Waals surface area contributed by atoms with Crippen LogP contribution in [0.5, 0.6) is 0 Å². The van der Waals surface area contributed by atoms with Gasteiger partial charge in [0.15, 0.2) is 0 Å². The molecule has 0 aliphatic rings. The Hall–Kier alpha value is -2.14. The Balaban J connectivity index is 1.69. The number of thioether (sulfide) groups is 1. The summed E-state index contributed by atoms with van der Waals surface area (Å²) < 4.78 is 14.8. The van der Waals surface area contributed by atoms with Gasteiger partial charge in [0, 0.05) is 5.75 Å². The molecule has 0 spiro atoms. The molecule has 2 aromatic carbocycles. The monoisotopic (exact) mass is 285 g/mol. The molecule has 5 heteroatoms. The van der Waals surface area contributed by atoms with E-state index >= 15 is 0 Å². The number of hydrogen-bond donors (Lipinski definition) is 0. The molecule has 100 valence electrons. The fraction of sp³-hybridized carbons (Fsp3) is 0.0667. The van der Waals surface area contributed by atoms with Crippen LogP contribution < -0.4 is 0 Å². The van der Waals surface area contributed by atoms with Gasteiger partial charge in [0.25, 0.3) is 0 Å². The fourth-order valence-corrected chi connectivity index (χ4v) is 2.54. The van der Waals surface area contributed by atoms with Gasteiger partial charge in [0.2, 0.25) is 5.16 Å². The van der Waals surface area contributed by atoms with Crippen molar-refractivity contribution in [2.45, 2.75) is 10.9 Å². The number of benzene rings is 2. The second kappa shape index (κ2) is 5.88. The average Bonchev–Trinajstić information content (AvgIpc) is 2.95. The maximum Gasteiger partial charge on any atom is 0.209 e. The molecule has 0 N–H and O–H groups in total. The molecule has 3 rings (SSSR count). The topological polar surface area (TPSA) is 30.7 Å². The summed E-state index contributed by atoms with van der Waals surface area (Å²) >= 11 is 1.49. The van der Waals surface area contributed by atoms with Crippen molar-refractivity contribution in [3.8, 4) is 5.69 Å². The van der Waals surface area contributed by atoms with E-state index in [1.54, 1.807) is 17.1 Å². The zero-order valence-electron chi connectivity index (χ0n) is 10.6. The number of rotatable bonds is 4. The van der Waals surface area contributed by atoms with Gasteiger partial charge in [-0.3, -0.25) is 0 Å². The van der Waals surface area contributed by atoms with Gasteiger partial charge < -0.3 is 0 Å². The van der Waals surface area contributed by atoms with Crippen LogP contribution in [0.2, 0.25) is 0 Å². The van der Waals surface area contributed by atoms with E-state index in [1.807, 2.05) is 36.4 Å². The van der Waals surface area contributed by atoms with E-state index in [0.717, 1.165) is 11.3 Å². The smallest absolute Gasteiger partial charge is 0.209 e. The third-order valence-electron chi connectivity index (χ3n) is 2.75. The van der Waals surface area contributed by atoms with Gasteiger partial charge in [-0.25, -0.2) is 14.1 Å². The van der Waals surface area contributed by atoms with Crippen molar-refractivity contribution in [2.24, 2.45) is 0 Å². The first kappa shape index (κ1) is 12.9. The van der Waals surface area contributed by atoms with Gasteiger partial charge in [0.05, 0.1) is 5.69 Å². The molecule has 1 heterocycles. The van der Waals surface area contributed by atoms with E-state index in [-0.39, 0.29) is 5.82 Å². The lowest BCUT2D eigenvalue weighted by molar-refractivity contribution is 0.626. The third kappa shape index (κ3) is 3.05. The van der Waals surface area contributed by atoms with Crippen molar-refractivity contribution < 1.29 is 4.39 Å². The summed E-state index contributed by atoms with van der Waals surface area (Å²) in [6.07, 6.45) is 1.68. The molecule has 20 heavy (non-hydrogen) atoms. The summed E-state index contributed by atoms with van der Waals surface area (Å²) in [5, 5.41) is 5.07. The first-order valence-electron chi connectivity index (χ1n) is 6.15. The number of aromatic nitrogens is 3. The first-order chi connectivity index (χ1) is 9.81. The predicted molar refractivity (Wildman–Crippen MR) is 77.3 cm³/mol. The molecule has 0 bridgehead atoms. The Labute approximate surface area is 120 Å². The van der Waals surface area contributed by atoms with Crippen LogP contribution in [0.4, 0.5) is 4.39 Å². The second-order valence-electron chi connectivity index (χ2n) is 4.23. The molecular formula is C15H12FN3S. The third-order valence-corrected chi connectivity index (χ3v) is 3.67.